The van der Waals surface area contributed by atoms with Crippen molar-refractivity contribution in [1.29, 1.82) is 0 Å². The van der Waals surface area contributed by atoms with Gasteiger partial charge in [-0.1, -0.05) is 35.3 Å². The van der Waals surface area contributed by atoms with Crippen LogP contribution in [0.15, 0.2) is 41.7 Å². The van der Waals surface area contributed by atoms with Crippen LogP contribution in [0.25, 0.3) is 0 Å². The number of hydrogen-bond donors (Lipinski definition) is 0. The highest BCUT2D eigenvalue weighted by Gasteiger charge is 2.36. The average Bonchev–Trinajstić information content (AvgIpc) is 2.61. The van der Waals surface area contributed by atoms with Gasteiger partial charge in [-0.2, -0.15) is 0 Å². The van der Waals surface area contributed by atoms with Crippen molar-refractivity contribution in [3.05, 3.63) is 57.4 Å². The largest absolute Gasteiger partial charge is 0.466 e. The van der Waals surface area contributed by atoms with Crippen molar-refractivity contribution in [3.8, 4) is 0 Å². The van der Waals surface area contributed by atoms with Gasteiger partial charge in [0, 0.05) is 18.9 Å². The Morgan fingerprint density at radius 1 is 1.08 bits per heavy atom. The summed E-state index contributed by atoms with van der Waals surface area (Å²) in [6.45, 7) is 2.46. The summed E-state index contributed by atoms with van der Waals surface area (Å²) in [6, 6.07) is 5.06. The van der Waals surface area contributed by atoms with E-state index >= 15 is 0 Å². The normalized spacial score (nSPS) is 14.8. The van der Waals surface area contributed by atoms with Crippen LogP contribution in [0.3, 0.4) is 0 Å². The SMILES string of the molecule is CCN1C=C(C(=O)OC)C(c2cccc(Cl)c2Cl)C(C(=O)OC)=C1. The van der Waals surface area contributed by atoms with Crippen LogP contribution in [0.4, 0.5) is 0 Å². The molecule has 0 aromatic heterocycles. The van der Waals surface area contributed by atoms with E-state index in [1.807, 2.05) is 6.92 Å². The summed E-state index contributed by atoms with van der Waals surface area (Å²) in [4.78, 5) is 26.3. The molecular weight excluding hydrogens is 353 g/mol. The molecule has 1 aromatic carbocycles. The Kier molecular flexibility index (Phi) is 5.91. The Labute approximate surface area is 150 Å². The number of carbonyl (C=O) groups excluding carboxylic acids is 2. The molecule has 1 aliphatic heterocycles. The number of rotatable bonds is 4. The number of benzene rings is 1. The van der Waals surface area contributed by atoms with Crippen molar-refractivity contribution in [2.24, 2.45) is 0 Å². The molecule has 7 heteroatoms. The molecular formula is C17H17Cl2NO4. The summed E-state index contributed by atoms with van der Waals surface area (Å²) in [5.74, 6) is -1.83. The van der Waals surface area contributed by atoms with Crippen LogP contribution in [0, 0.1) is 0 Å². The number of nitrogens with zero attached hydrogens (tertiary/aromatic N) is 1. The van der Waals surface area contributed by atoms with Crippen molar-refractivity contribution in [2.45, 2.75) is 12.8 Å². The lowest BCUT2D eigenvalue weighted by atomic mass is 9.83. The lowest BCUT2D eigenvalue weighted by molar-refractivity contribution is -0.137. The average molecular weight is 370 g/mol. The third-order valence-electron chi connectivity index (χ3n) is 3.73. The van der Waals surface area contributed by atoms with Crippen LogP contribution < -0.4 is 0 Å². The molecule has 0 amide bonds. The maximum absolute atomic E-state index is 12.3. The Morgan fingerprint density at radius 3 is 2.08 bits per heavy atom. The van der Waals surface area contributed by atoms with E-state index in [0.29, 0.717) is 17.1 Å². The summed E-state index contributed by atoms with van der Waals surface area (Å²) in [7, 11) is 2.57. The zero-order valence-electron chi connectivity index (χ0n) is 13.5. The fraction of sp³-hybridized carbons (Fsp3) is 0.294. The molecule has 0 aliphatic carbocycles. The number of esters is 2. The van der Waals surface area contributed by atoms with Crippen molar-refractivity contribution < 1.29 is 19.1 Å². The zero-order chi connectivity index (χ0) is 17.9. The lowest BCUT2D eigenvalue weighted by Crippen LogP contribution is -2.28. The second-order valence-electron chi connectivity index (χ2n) is 5.06. The van der Waals surface area contributed by atoms with Gasteiger partial charge in [0.05, 0.1) is 41.3 Å². The highest BCUT2D eigenvalue weighted by atomic mass is 35.5. The zero-order valence-corrected chi connectivity index (χ0v) is 15.0. The van der Waals surface area contributed by atoms with Crippen LogP contribution in [-0.4, -0.2) is 37.6 Å². The van der Waals surface area contributed by atoms with Gasteiger partial charge in [0.15, 0.2) is 0 Å². The third kappa shape index (κ3) is 3.42. The molecule has 1 aliphatic rings. The molecule has 2 rings (SSSR count). The second kappa shape index (κ2) is 7.73. The molecule has 0 atom stereocenters. The summed E-state index contributed by atoms with van der Waals surface area (Å²) >= 11 is 12.4. The maximum Gasteiger partial charge on any atom is 0.336 e. The molecule has 0 N–H and O–H groups in total. The predicted molar refractivity (Wildman–Crippen MR) is 91.8 cm³/mol. The number of halogens is 2. The monoisotopic (exact) mass is 369 g/mol. The molecule has 0 unspecified atom stereocenters. The van der Waals surface area contributed by atoms with Crippen LogP contribution in [0.5, 0.6) is 0 Å². The van der Waals surface area contributed by atoms with E-state index in [-0.39, 0.29) is 16.2 Å². The minimum atomic E-state index is -0.723. The number of carbonyl (C=O) groups is 2. The van der Waals surface area contributed by atoms with Crippen molar-refractivity contribution in [2.75, 3.05) is 20.8 Å². The minimum Gasteiger partial charge on any atom is -0.466 e. The van der Waals surface area contributed by atoms with Crippen LogP contribution in [0.1, 0.15) is 18.4 Å². The van der Waals surface area contributed by atoms with Gasteiger partial charge in [-0.25, -0.2) is 9.59 Å². The fourth-order valence-electron chi connectivity index (χ4n) is 2.55. The first-order valence-electron chi connectivity index (χ1n) is 7.24. The Hall–Kier alpha value is -1.98. The summed E-state index contributed by atoms with van der Waals surface area (Å²) in [6.07, 6.45) is 3.28. The summed E-state index contributed by atoms with van der Waals surface area (Å²) in [5, 5.41) is 0.610. The van der Waals surface area contributed by atoms with Crippen molar-refractivity contribution in [1.82, 2.24) is 4.90 Å². The van der Waals surface area contributed by atoms with Crippen LogP contribution in [-0.2, 0) is 19.1 Å². The van der Waals surface area contributed by atoms with Crippen LogP contribution >= 0.6 is 23.2 Å². The van der Waals surface area contributed by atoms with Gasteiger partial charge >= 0.3 is 11.9 Å². The Balaban J connectivity index is 2.67. The van der Waals surface area contributed by atoms with Gasteiger partial charge in [-0.05, 0) is 18.6 Å². The standard InChI is InChI=1S/C17H17Cl2NO4/c1-4-20-8-11(16(21)23-2)14(12(9-20)17(22)24-3)10-6-5-7-13(18)15(10)19/h5-9,14H,4H2,1-3H3. The van der Waals surface area contributed by atoms with Crippen molar-refractivity contribution in [3.63, 3.8) is 0 Å². The molecule has 0 saturated heterocycles. The van der Waals surface area contributed by atoms with Crippen molar-refractivity contribution >= 4 is 35.1 Å². The molecule has 0 spiro atoms. The smallest absolute Gasteiger partial charge is 0.336 e. The lowest BCUT2D eigenvalue weighted by Gasteiger charge is -2.30. The van der Waals surface area contributed by atoms with E-state index in [1.165, 1.54) is 14.2 Å². The number of hydrogen-bond acceptors (Lipinski definition) is 5. The summed E-state index contributed by atoms with van der Waals surface area (Å²) in [5.41, 5.74) is 1.10. The molecule has 1 heterocycles. The van der Waals surface area contributed by atoms with E-state index < -0.39 is 17.9 Å². The fourth-order valence-corrected chi connectivity index (χ4v) is 2.97. The molecule has 24 heavy (non-hydrogen) atoms. The first-order valence-corrected chi connectivity index (χ1v) is 7.99. The molecule has 1 aromatic rings. The molecule has 0 fully saturated rings. The first kappa shape index (κ1) is 18.4. The molecule has 0 radical (unpaired) electrons. The summed E-state index contributed by atoms with van der Waals surface area (Å²) < 4.78 is 9.75. The minimum absolute atomic E-state index is 0.277. The van der Waals surface area contributed by atoms with E-state index in [1.54, 1.807) is 35.5 Å². The first-order chi connectivity index (χ1) is 11.4. The topological polar surface area (TPSA) is 55.8 Å². The second-order valence-corrected chi connectivity index (χ2v) is 5.84. The predicted octanol–water partition coefficient (Wildman–Crippen LogP) is 3.53. The van der Waals surface area contributed by atoms with Gasteiger partial charge < -0.3 is 14.4 Å². The van der Waals surface area contributed by atoms with E-state index in [0.717, 1.165) is 0 Å². The molecule has 0 saturated carbocycles. The molecule has 0 bridgehead atoms. The maximum atomic E-state index is 12.3. The van der Waals surface area contributed by atoms with Crippen LogP contribution in [0.2, 0.25) is 10.0 Å². The van der Waals surface area contributed by atoms with E-state index in [4.69, 9.17) is 32.7 Å². The third-order valence-corrected chi connectivity index (χ3v) is 4.57. The van der Waals surface area contributed by atoms with Gasteiger partial charge in [0.1, 0.15) is 0 Å². The quantitative estimate of drug-likeness (QED) is 0.759. The van der Waals surface area contributed by atoms with Gasteiger partial charge in [0.25, 0.3) is 0 Å². The number of methoxy groups -OCH3 is 2. The molecule has 128 valence electrons. The van der Waals surface area contributed by atoms with Gasteiger partial charge in [-0.15, -0.1) is 0 Å². The highest BCUT2D eigenvalue weighted by Crippen LogP contribution is 2.41. The van der Waals surface area contributed by atoms with E-state index in [9.17, 15) is 9.59 Å². The highest BCUT2D eigenvalue weighted by molar-refractivity contribution is 6.42. The van der Waals surface area contributed by atoms with Gasteiger partial charge in [0.2, 0.25) is 0 Å². The van der Waals surface area contributed by atoms with Gasteiger partial charge in [-0.3, -0.25) is 0 Å². The number of ether oxygens (including phenoxy) is 2. The van der Waals surface area contributed by atoms with E-state index in [2.05, 4.69) is 0 Å². The molecule has 5 nitrogen and oxygen atoms in total. The Bertz CT molecular complexity index is 693. The Morgan fingerprint density at radius 2 is 1.62 bits per heavy atom.